The maximum absolute atomic E-state index is 11.1. The van der Waals surface area contributed by atoms with E-state index in [1.165, 1.54) is 11.3 Å². The number of hydrogen-bond acceptors (Lipinski definition) is 4. The van der Waals surface area contributed by atoms with Gasteiger partial charge in [-0.15, -0.1) is 11.3 Å². The average molecular weight is 255 g/mol. The molecule has 1 aromatic rings. The van der Waals surface area contributed by atoms with E-state index in [0.29, 0.717) is 16.5 Å². The van der Waals surface area contributed by atoms with Crippen LogP contribution in [0.3, 0.4) is 0 Å². The number of thiazole rings is 1. The molecule has 4 nitrogen and oxygen atoms in total. The van der Waals surface area contributed by atoms with Crippen molar-refractivity contribution < 1.29 is 14.6 Å². The van der Waals surface area contributed by atoms with Gasteiger partial charge in [0.15, 0.2) is 0 Å². The van der Waals surface area contributed by atoms with E-state index in [9.17, 15) is 4.79 Å². The number of ether oxygens (including phenoxy) is 1. The number of aromatic carboxylic acids is 1. The number of carboxylic acid groups (broad SMARTS) is 1. The van der Waals surface area contributed by atoms with Crippen LogP contribution in [-0.4, -0.2) is 23.2 Å². The Hall–Kier alpha value is -0.940. The minimum atomic E-state index is -0.872. The van der Waals surface area contributed by atoms with Gasteiger partial charge < -0.3 is 9.84 Å². The van der Waals surface area contributed by atoms with Gasteiger partial charge in [0.05, 0.1) is 5.69 Å². The molecule has 1 saturated carbocycles. The van der Waals surface area contributed by atoms with E-state index in [2.05, 4.69) is 4.98 Å². The second kappa shape index (κ2) is 5.14. The van der Waals surface area contributed by atoms with Gasteiger partial charge in [-0.3, -0.25) is 0 Å². The first-order valence-electron chi connectivity index (χ1n) is 5.93. The van der Waals surface area contributed by atoms with Gasteiger partial charge >= 0.3 is 5.97 Å². The first-order valence-corrected chi connectivity index (χ1v) is 6.74. The summed E-state index contributed by atoms with van der Waals surface area (Å²) in [7, 11) is 1.67. The molecule has 1 aliphatic rings. The zero-order valence-electron chi connectivity index (χ0n) is 10.1. The van der Waals surface area contributed by atoms with Crippen molar-refractivity contribution in [3.8, 4) is 0 Å². The Bertz CT molecular complexity index is 412. The summed E-state index contributed by atoms with van der Waals surface area (Å²) in [5.41, 5.74) is 0.711. The average Bonchev–Trinajstić information content (AvgIpc) is 3.02. The molecule has 1 unspecified atom stereocenters. The molecule has 2 rings (SSSR count). The first kappa shape index (κ1) is 12.5. The highest BCUT2D eigenvalue weighted by Gasteiger charge is 2.35. The molecule has 0 bridgehead atoms. The summed E-state index contributed by atoms with van der Waals surface area (Å²) in [6.45, 7) is 2.03. The lowest BCUT2D eigenvalue weighted by Crippen LogP contribution is -2.03. The van der Waals surface area contributed by atoms with Gasteiger partial charge in [0.1, 0.15) is 16.0 Å². The molecule has 1 N–H and O–H groups in total. The lowest BCUT2D eigenvalue weighted by molar-refractivity contribution is 0.0700. The van der Waals surface area contributed by atoms with E-state index in [4.69, 9.17) is 9.84 Å². The van der Waals surface area contributed by atoms with Crippen molar-refractivity contribution >= 4 is 17.3 Å². The quantitative estimate of drug-likeness (QED) is 0.849. The van der Waals surface area contributed by atoms with Crippen LogP contribution in [0.25, 0.3) is 0 Å². The lowest BCUT2D eigenvalue weighted by Gasteiger charge is -2.10. The smallest absolute Gasteiger partial charge is 0.347 e. The zero-order valence-corrected chi connectivity index (χ0v) is 10.9. The molecule has 0 amide bonds. The third kappa shape index (κ3) is 2.66. The normalized spacial score (nSPS) is 17.1. The Morgan fingerprint density at radius 3 is 2.82 bits per heavy atom. The Balaban J connectivity index is 2.28. The van der Waals surface area contributed by atoms with Crippen LogP contribution in [0.1, 0.15) is 52.7 Å². The number of carbonyl (C=O) groups is 1. The summed E-state index contributed by atoms with van der Waals surface area (Å²) >= 11 is 1.27. The van der Waals surface area contributed by atoms with Gasteiger partial charge in [-0.05, 0) is 25.2 Å². The minimum absolute atomic E-state index is 0.0105. The van der Waals surface area contributed by atoms with Crippen molar-refractivity contribution in [2.45, 2.75) is 38.7 Å². The Morgan fingerprint density at radius 1 is 1.65 bits per heavy atom. The molecule has 1 atom stereocenters. The molecule has 1 fully saturated rings. The van der Waals surface area contributed by atoms with E-state index in [1.807, 2.05) is 6.92 Å². The third-order valence-corrected chi connectivity index (χ3v) is 4.09. The minimum Gasteiger partial charge on any atom is -0.477 e. The fourth-order valence-electron chi connectivity index (χ4n) is 1.96. The fourth-order valence-corrected chi connectivity index (χ4v) is 3.08. The standard InChI is InChI=1S/C12H17NO3S/c1-3-4-8-10(12(14)15)17-11(13-8)9(16-2)7-5-6-7/h7,9H,3-6H2,1-2H3,(H,14,15). The predicted octanol–water partition coefficient (Wildman–Crippen LogP) is 2.89. The maximum atomic E-state index is 11.1. The molecular weight excluding hydrogens is 238 g/mol. The van der Waals surface area contributed by atoms with Crippen LogP contribution in [0, 0.1) is 5.92 Å². The molecule has 0 saturated heterocycles. The van der Waals surface area contributed by atoms with Crippen LogP contribution < -0.4 is 0 Å². The topological polar surface area (TPSA) is 59.4 Å². The number of hydrogen-bond donors (Lipinski definition) is 1. The fraction of sp³-hybridized carbons (Fsp3) is 0.667. The van der Waals surface area contributed by atoms with E-state index in [1.54, 1.807) is 7.11 Å². The number of aromatic nitrogens is 1. The highest BCUT2D eigenvalue weighted by molar-refractivity contribution is 7.13. The SMILES string of the molecule is CCCc1nc(C(OC)C2CC2)sc1C(=O)O. The molecule has 1 aliphatic carbocycles. The van der Waals surface area contributed by atoms with Gasteiger partial charge in [0.2, 0.25) is 0 Å². The highest BCUT2D eigenvalue weighted by atomic mass is 32.1. The monoisotopic (exact) mass is 255 g/mol. The van der Waals surface area contributed by atoms with E-state index < -0.39 is 5.97 Å². The van der Waals surface area contributed by atoms with Crippen molar-refractivity contribution in [2.24, 2.45) is 5.92 Å². The van der Waals surface area contributed by atoms with Gasteiger partial charge in [0.25, 0.3) is 0 Å². The number of methoxy groups -OCH3 is 1. The van der Waals surface area contributed by atoms with Gasteiger partial charge in [-0.25, -0.2) is 9.78 Å². The molecule has 0 aliphatic heterocycles. The van der Waals surface area contributed by atoms with Crippen molar-refractivity contribution in [2.75, 3.05) is 7.11 Å². The zero-order chi connectivity index (χ0) is 12.4. The molecule has 94 valence electrons. The largest absolute Gasteiger partial charge is 0.477 e. The number of nitrogens with zero attached hydrogens (tertiary/aromatic N) is 1. The molecule has 0 aromatic carbocycles. The predicted molar refractivity (Wildman–Crippen MR) is 65.5 cm³/mol. The molecule has 0 radical (unpaired) electrons. The molecule has 5 heteroatoms. The second-order valence-electron chi connectivity index (χ2n) is 4.38. The Morgan fingerprint density at radius 2 is 2.35 bits per heavy atom. The van der Waals surface area contributed by atoms with Crippen LogP contribution >= 0.6 is 11.3 Å². The van der Waals surface area contributed by atoms with Crippen LogP contribution in [0.5, 0.6) is 0 Å². The summed E-state index contributed by atoms with van der Waals surface area (Å²) in [4.78, 5) is 16.0. The van der Waals surface area contributed by atoms with E-state index >= 15 is 0 Å². The first-order chi connectivity index (χ1) is 8.17. The molecule has 1 aromatic heterocycles. The van der Waals surface area contributed by atoms with E-state index in [-0.39, 0.29) is 6.10 Å². The van der Waals surface area contributed by atoms with Crippen molar-refractivity contribution in [1.29, 1.82) is 0 Å². The van der Waals surface area contributed by atoms with Crippen LogP contribution in [0.2, 0.25) is 0 Å². The van der Waals surface area contributed by atoms with Crippen LogP contribution in [0.4, 0.5) is 0 Å². The summed E-state index contributed by atoms with van der Waals surface area (Å²) < 4.78 is 5.44. The highest BCUT2D eigenvalue weighted by Crippen LogP contribution is 2.44. The van der Waals surface area contributed by atoms with Gasteiger partial charge in [-0.2, -0.15) is 0 Å². The molecule has 0 spiro atoms. The number of aryl methyl sites for hydroxylation is 1. The van der Waals surface area contributed by atoms with Crippen molar-refractivity contribution in [3.63, 3.8) is 0 Å². The third-order valence-electron chi connectivity index (χ3n) is 2.94. The van der Waals surface area contributed by atoms with Crippen LogP contribution in [0.15, 0.2) is 0 Å². The van der Waals surface area contributed by atoms with Crippen molar-refractivity contribution in [3.05, 3.63) is 15.6 Å². The maximum Gasteiger partial charge on any atom is 0.347 e. The summed E-state index contributed by atoms with van der Waals surface area (Å²) in [6.07, 6.45) is 3.93. The van der Waals surface area contributed by atoms with Gasteiger partial charge in [-0.1, -0.05) is 13.3 Å². The summed E-state index contributed by atoms with van der Waals surface area (Å²) in [5.74, 6) is -0.342. The number of carboxylic acids is 1. The Kier molecular flexibility index (Phi) is 3.79. The van der Waals surface area contributed by atoms with Crippen molar-refractivity contribution in [1.82, 2.24) is 4.98 Å². The molecule has 1 heterocycles. The van der Waals surface area contributed by atoms with Crippen LogP contribution in [-0.2, 0) is 11.2 Å². The number of rotatable bonds is 6. The summed E-state index contributed by atoms with van der Waals surface area (Å²) in [6, 6.07) is 0. The molecular formula is C12H17NO3S. The van der Waals surface area contributed by atoms with Gasteiger partial charge in [0, 0.05) is 7.11 Å². The molecule has 17 heavy (non-hydrogen) atoms. The summed E-state index contributed by atoms with van der Waals surface area (Å²) in [5, 5.41) is 9.97. The Labute approximate surface area is 105 Å². The van der Waals surface area contributed by atoms with E-state index in [0.717, 1.165) is 30.7 Å². The second-order valence-corrected chi connectivity index (χ2v) is 5.41. The lowest BCUT2D eigenvalue weighted by atomic mass is 10.2.